The second-order valence-corrected chi connectivity index (χ2v) is 5.40. The minimum absolute atomic E-state index is 0.273. The molecule has 0 saturated carbocycles. The van der Waals surface area contributed by atoms with E-state index in [4.69, 9.17) is 11.6 Å². The molecule has 116 valence electrons. The quantitative estimate of drug-likeness (QED) is 0.734. The number of rotatable bonds is 7. The topological polar surface area (TPSA) is 54.0 Å². The number of nitrogens with one attached hydrogen (secondary N) is 2. The summed E-state index contributed by atoms with van der Waals surface area (Å²) in [6.07, 6.45) is 5.12. The molecule has 1 amide bonds. The first-order valence-corrected chi connectivity index (χ1v) is 7.84. The van der Waals surface area contributed by atoms with E-state index < -0.39 is 0 Å². The maximum absolute atomic E-state index is 12.2. The molecule has 2 aromatic rings. The summed E-state index contributed by atoms with van der Waals surface area (Å²) < 4.78 is 0. The van der Waals surface area contributed by atoms with Crippen LogP contribution < -0.4 is 10.6 Å². The van der Waals surface area contributed by atoms with Crippen molar-refractivity contribution in [3.05, 3.63) is 53.3 Å². The van der Waals surface area contributed by atoms with Gasteiger partial charge in [-0.3, -0.25) is 9.78 Å². The van der Waals surface area contributed by atoms with Crippen LogP contribution in [-0.4, -0.2) is 17.4 Å². The van der Waals surface area contributed by atoms with Crippen molar-refractivity contribution in [2.75, 3.05) is 17.2 Å². The lowest BCUT2D eigenvalue weighted by molar-refractivity contribution is 0.102. The highest BCUT2D eigenvalue weighted by molar-refractivity contribution is 6.33. The first-order valence-electron chi connectivity index (χ1n) is 7.46. The van der Waals surface area contributed by atoms with Gasteiger partial charge in [0.1, 0.15) is 5.69 Å². The summed E-state index contributed by atoms with van der Waals surface area (Å²) in [5.41, 5.74) is 1.84. The maximum atomic E-state index is 12.2. The van der Waals surface area contributed by atoms with Crippen LogP contribution in [0.25, 0.3) is 0 Å². The van der Waals surface area contributed by atoms with Crippen LogP contribution >= 0.6 is 11.6 Å². The van der Waals surface area contributed by atoms with Crippen molar-refractivity contribution in [1.82, 2.24) is 4.98 Å². The molecule has 2 rings (SSSR count). The number of nitrogens with zero attached hydrogens (tertiary/aromatic N) is 1. The number of para-hydroxylation sites is 1. The number of hydrogen-bond donors (Lipinski definition) is 2. The van der Waals surface area contributed by atoms with Gasteiger partial charge in [0, 0.05) is 18.4 Å². The van der Waals surface area contributed by atoms with E-state index in [0.29, 0.717) is 16.4 Å². The Hall–Kier alpha value is -2.07. The van der Waals surface area contributed by atoms with Crippen LogP contribution in [0, 0.1) is 0 Å². The number of unbranched alkanes of at least 4 members (excludes halogenated alkanes) is 2. The number of amides is 1. The van der Waals surface area contributed by atoms with E-state index in [0.717, 1.165) is 18.7 Å². The third kappa shape index (κ3) is 4.74. The van der Waals surface area contributed by atoms with Gasteiger partial charge in [0.2, 0.25) is 0 Å². The number of carbonyl (C=O) groups is 1. The predicted molar refractivity (Wildman–Crippen MR) is 91.7 cm³/mol. The number of carbonyl (C=O) groups excluding carboxylic acids is 1. The first kappa shape index (κ1) is 16.3. The van der Waals surface area contributed by atoms with E-state index in [9.17, 15) is 4.79 Å². The number of benzene rings is 1. The molecule has 22 heavy (non-hydrogen) atoms. The Morgan fingerprint density at radius 1 is 1.23 bits per heavy atom. The van der Waals surface area contributed by atoms with E-state index in [-0.39, 0.29) is 5.91 Å². The molecule has 0 aliphatic rings. The van der Waals surface area contributed by atoms with Crippen LogP contribution in [-0.2, 0) is 0 Å². The third-order valence-corrected chi connectivity index (χ3v) is 3.55. The molecule has 0 radical (unpaired) electrons. The maximum Gasteiger partial charge on any atom is 0.274 e. The summed E-state index contributed by atoms with van der Waals surface area (Å²) in [4.78, 5) is 16.3. The molecule has 1 aromatic heterocycles. The predicted octanol–water partition coefficient (Wildman–Crippen LogP) is 4.59. The highest BCUT2D eigenvalue weighted by atomic mass is 35.5. The summed E-state index contributed by atoms with van der Waals surface area (Å²) in [6, 6.07) is 10.7. The van der Waals surface area contributed by atoms with Gasteiger partial charge in [-0.05, 0) is 30.7 Å². The van der Waals surface area contributed by atoms with E-state index in [1.807, 2.05) is 18.2 Å². The molecule has 0 bridgehead atoms. The number of pyridine rings is 1. The van der Waals surface area contributed by atoms with Crippen LogP contribution in [0.3, 0.4) is 0 Å². The molecule has 0 unspecified atom stereocenters. The molecule has 0 fully saturated rings. The zero-order chi connectivity index (χ0) is 15.8. The molecule has 4 nitrogen and oxygen atoms in total. The number of anilines is 2. The summed E-state index contributed by atoms with van der Waals surface area (Å²) >= 11 is 6.04. The van der Waals surface area contributed by atoms with Crippen molar-refractivity contribution in [1.29, 1.82) is 0 Å². The minimum Gasteiger partial charge on any atom is -0.385 e. The second kappa shape index (κ2) is 8.39. The molecule has 5 heteroatoms. The Bertz CT molecular complexity index is 631. The molecule has 0 aliphatic heterocycles. The Labute approximate surface area is 135 Å². The summed E-state index contributed by atoms with van der Waals surface area (Å²) in [5.74, 6) is -0.273. The lowest BCUT2D eigenvalue weighted by Gasteiger charge is -2.09. The molecule has 2 N–H and O–H groups in total. The zero-order valence-electron chi connectivity index (χ0n) is 12.6. The average molecular weight is 318 g/mol. The van der Waals surface area contributed by atoms with E-state index in [1.54, 1.807) is 24.4 Å². The monoisotopic (exact) mass is 317 g/mol. The average Bonchev–Trinajstić information content (AvgIpc) is 2.54. The van der Waals surface area contributed by atoms with E-state index in [1.165, 1.54) is 12.8 Å². The van der Waals surface area contributed by atoms with Crippen molar-refractivity contribution in [2.45, 2.75) is 26.2 Å². The van der Waals surface area contributed by atoms with E-state index in [2.05, 4.69) is 22.5 Å². The standard InChI is InChI=1S/C17H20ClN3O/c1-2-3-6-10-19-13-9-11-20-16(12-13)17(22)21-15-8-5-4-7-14(15)18/h4-5,7-9,11-12H,2-3,6,10H2,1H3,(H,19,20)(H,21,22). The lowest BCUT2D eigenvalue weighted by atomic mass is 10.2. The minimum atomic E-state index is -0.273. The van der Waals surface area contributed by atoms with Crippen LogP contribution in [0.5, 0.6) is 0 Å². The molecular formula is C17H20ClN3O. The molecular weight excluding hydrogens is 298 g/mol. The van der Waals surface area contributed by atoms with E-state index >= 15 is 0 Å². The van der Waals surface area contributed by atoms with Gasteiger partial charge < -0.3 is 10.6 Å². The highest BCUT2D eigenvalue weighted by Crippen LogP contribution is 2.21. The number of hydrogen-bond acceptors (Lipinski definition) is 3. The van der Waals surface area contributed by atoms with Crippen molar-refractivity contribution < 1.29 is 4.79 Å². The molecule has 1 aromatic carbocycles. The van der Waals surface area contributed by atoms with Gasteiger partial charge in [-0.1, -0.05) is 43.5 Å². The molecule has 0 saturated heterocycles. The van der Waals surface area contributed by atoms with Crippen molar-refractivity contribution >= 4 is 28.9 Å². The Balaban J connectivity index is 1.99. The first-order chi connectivity index (χ1) is 10.7. The number of halogens is 1. The van der Waals surface area contributed by atoms with Crippen molar-refractivity contribution in [3.63, 3.8) is 0 Å². The van der Waals surface area contributed by atoms with Crippen LogP contribution in [0.15, 0.2) is 42.6 Å². The highest BCUT2D eigenvalue weighted by Gasteiger charge is 2.10. The fraction of sp³-hybridized carbons (Fsp3) is 0.294. The SMILES string of the molecule is CCCCCNc1ccnc(C(=O)Nc2ccccc2Cl)c1. The van der Waals surface area contributed by atoms with Gasteiger partial charge >= 0.3 is 0 Å². The van der Waals surface area contributed by atoms with Crippen molar-refractivity contribution in [2.24, 2.45) is 0 Å². The van der Waals surface area contributed by atoms with Gasteiger partial charge in [-0.2, -0.15) is 0 Å². The fourth-order valence-electron chi connectivity index (χ4n) is 2.02. The largest absolute Gasteiger partial charge is 0.385 e. The molecule has 0 aliphatic carbocycles. The van der Waals surface area contributed by atoms with Gasteiger partial charge in [0.25, 0.3) is 5.91 Å². The lowest BCUT2D eigenvalue weighted by Crippen LogP contribution is -2.14. The van der Waals surface area contributed by atoms with Gasteiger partial charge in [-0.15, -0.1) is 0 Å². The van der Waals surface area contributed by atoms with Crippen LogP contribution in [0.2, 0.25) is 5.02 Å². The van der Waals surface area contributed by atoms with Crippen molar-refractivity contribution in [3.8, 4) is 0 Å². The smallest absolute Gasteiger partial charge is 0.274 e. The summed E-state index contributed by atoms with van der Waals surface area (Å²) in [6.45, 7) is 3.06. The fourth-order valence-corrected chi connectivity index (χ4v) is 2.20. The number of aromatic nitrogens is 1. The van der Waals surface area contributed by atoms with Gasteiger partial charge in [-0.25, -0.2) is 0 Å². The zero-order valence-corrected chi connectivity index (χ0v) is 13.4. The molecule has 0 spiro atoms. The second-order valence-electron chi connectivity index (χ2n) is 5.00. The normalized spacial score (nSPS) is 10.3. The third-order valence-electron chi connectivity index (χ3n) is 3.22. The van der Waals surface area contributed by atoms with Gasteiger partial charge in [0.15, 0.2) is 0 Å². The summed E-state index contributed by atoms with van der Waals surface area (Å²) in [5, 5.41) is 6.58. The molecule has 1 heterocycles. The van der Waals surface area contributed by atoms with Crippen LogP contribution in [0.4, 0.5) is 11.4 Å². The van der Waals surface area contributed by atoms with Gasteiger partial charge in [0.05, 0.1) is 10.7 Å². The molecule has 0 atom stereocenters. The Morgan fingerprint density at radius 2 is 2.05 bits per heavy atom. The van der Waals surface area contributed by atoms with Crippen LogP contribution in [0.1, 0.15) is 36.7 Å². The Morgan fingerprint density at radius 3 is 2.82 bits per heavy atom. The Kier molecular flexibility index (Phi) is 6.22. The summed E-state index contributed by atoms with van der Waals surface area (Å²) in [7, 11) is 0.